The summed E-state index contributed by atoms with van der Waals surface area (Å²) in [6, 6.07) is 3.76. The second kappa shape index (κ2) is 3.12. The molecule has 2 bridgehead atoms. The van der Waals surface area contributed by atoms with Crippen molar-refractivity contribution in [3.8, 4) is 0 Å². The maximum Gasteiger partial charge on any atom is 0.165 e. The van der Waals surface area contributed by atoms with Crippen molar-refractivity contribution in [3.05, 3.63) is 29.7 Å². The highest BCUT2D eigenvalue weighted by molar-refractivity contribution is 6.07. The fraction of sp³-hybridized carbons (Fsp3) is 0.533. The number of carbonyl (C=O) groups is 1. The Morgan fingerprint density at radius 2 is 2.18 bits per heavy atom. The Hall–Kier alpha value is -1.31. The van der Waals surface area contributed by atoms with Gasteiger partial charge in [-0.15, -0.1) is 0 Å². The molecule has 0 radical (unpaired) electrons. The first-order valence-corrected chi connectivity index (χ1v) is 6.27. The molecule has 2 nitrogen and oxygen atoms in total. The van der Waals surface area contributed by atoms with E-state index < -0.39 is 0 Å². The summed E-state index contributed by atoms with van der Waals surface area (Å²) in [5.74, 6) is 1.51. The molecule has 90 valence electrons. The van der Waals surface area contributed by atoms with Gasteiger partial charge in [0.1, 0.15) is 5.76 Å². The predicted octanol–water partition coefficient (Wildman–Crippen LogP) is 3.69. The van der Waals surface area contributed by atoms with Crippen LogP contribution in [0.4, 0.5) is 0 Å². The molecule has 17 heavy (non-hydrogen) atoms. The van der Waals surface area contributed by atoms with Crippen molar-refractivity contribution in [3.63, 3.8) is 0 Å². The van der Waals surface area contributed by atoms with Crippen LogP contribution < -0.4 is 0 Å². The number of rotatable bonds is 1. The van der Waals surface area contributed by atoms with Crippen LogP contribution in [0, 0.1) is 16.7 Å². The predicted molar refractivity (Wildman–Crippen MR) is 66.3 cm³/mol. The van der Waals surface area contributed by atoms with Crippen molar-refractivity contribution in [2.75, 3.05) is 0 Å². The zero-order valence-corrected chi connectivity index (χ0v) is 10.6. The third-order valence-corrected chi connectivity index (χ3v) is 5.21. The molecule has 0 saturated heterocycles. The smallest absolute Gasteiger partial charge is 0.165 e. The van der Waals surface area contributed by atoms with E-state index in [0.717, 1.165) is 24.2 Å². The van der Waals surface area contributed by atoms with E-state index in [9.17, 15) is 4.79 Å². The number of Topliss-reactive ketones (excluding diaryl/α,β-unsaturated/α-hetero) is 1. The Kier molecular flexibility index (Phi) is 1.99. The molecular weight excluding hydrogens is 212 g/mol. The van der Waals surface area contributed by atoms with Crippen molar-refractivity contribution in [1.82, 2.24) is 0 Å². The van der Waals surface area contributed by atoms with Crippen LogP contribution in [-0.4, -0.2) is 5.78 Å². The number of fused-ring (bicyclic) bond motifs is 2. The average Bonchev–Trinajstić information content (AvgIpc) is 2.87. The standard InChI is InChI=1S/C15H18O2/c1-14(2)12-6-7-15(14,3)13(16)11(12)9-10-5-4-8-17-10/h4-5,8-9,12H,6-7H2,1-3H3/b11-9+. The number of hydrogen-bond acceptors (Lipinski definition) is 2. The molecule has 0 aliphatic heterocycles. The number of ketones is 1. The third kappa shape index (κ3) is 1.18. The lowest BCUT2D eigenvalue weighted by Crippen LogP contribution is -2.32. The summed E-state index contributed by atoms with van der Waals surface area (Å²) in [5.41, 5.74) is 0.886. The summed E-state index contributed by atoms with van der Waals surface area (Å²) >= 11 is 0. The molecule has 0 aromatic carbocycles. The van der Waals surface area contributed by atoms with Gasteiger partial charge >= 0.3 is 0 Å². The summed E-state index contributed by atoms with van der Waals surface area (Å²) in [4.78, 5) is 12.5. The summed E-state index contributed by atoms with van der Waals surface area (Å²) in [6.45, 7) is 6.58. The molecule has 0 amide bonds. The van der Waals surface area contributed by atoms with E-state index in [1.807, 2.05) is 18.2 Å². The fourth-order valence-corrected chi connectivity index (χ4v) is 3.62. The Morgan fingerprint density at radius 3 is 2.71 bits per heavy atom. The van der Waals surface area contributed by atoms with Crippen LogP contribution in [0.15, 0.2) is 28.4 Å². The molecule has 2 aliphatic carbocycles. The lowest BCUT2D eigenvalue weighted by molar-refractivity contribution is -0.125. The molecule has 1 aromatic heterocycles. The molecule has 0 spiro atoms. The quantitative estimate of drug-likeness (QED) is 0.689. The molecule has 2 heteroatoms. The number of allylic oxidation sites excluding steroid dienone is 1. The summed E-state index contributed by atoms with van der Waals surface area (Å²) in [7, 11) is 0. The van der Waals surface area contributed by atoms with E-state index in [4.69, 9.17) is 4.42 Å². The zero-order chi connectivity index (χ0) is 12.3. The van der Waals surface area contributed by atoms with Crippen LogP contribution in [0.5, 0.6) is 0 Å². The minimum atomic E-state index is -0.171. The van der Waals surface area contributed by atoms with Gasteiger partial charge in [0.25, 0.3) is 0 Å². The van der Waals surface area contributed by atoms with Crippen LogP contribution in [-0.2, 0) is 4.79 Å². The van der Waals surface area contributed by atoms with E-state index in [-0.39, 0.29) is 10.8 Å². The van der Waals surface area contributed by atoms with E-state index in [1.54, 1.807) is 6.26 Å². The van der Waals surface area contributed by atoms with Crippen LogP contribution >= 0.6 is 0 Å². The first-order chi connectivity index (χ1) is 7.97. The normalized spacial score (nSPS) is 37.0. The van der Waals surface area contributed by atoms with Gasteiger partial charge in [-0.2, -0.15) is 0 Å². The highest BCUT2D eigenvalue weighted by Gasteiger charge is 2.63. The SMILES string of the molecule is CC12CCC(/C(=C\c3ccco3)C1=O)C2(C)C. The Labute approximate surface area is 102 Å². The largest absolute Gasteiger partial charge is 0.465 e. The van der Waals surface area contributed by atoms with E-state index in [1.165, 1.54) is 0 Å². The molecular formula is C15H18O2. The van der Waals surface area contributed by atoms with E-state index in [2.05, 4.69) is 20.8 Å². The minimum absolute atomic E-state index is 0.0858. The molecule has 2 saturated carbocycles. The van der Waals surface area contributed by atoms with Gasteiger partial charge in [0.15, 0.2) is 5.78 Å². The van der Waals surface area contributed by atoms with Gasteiger partial charge in [0, 0.05) is 11.0 Å². The summed E-state index contributed by atoms with van der Waals surface area (Å²) in [6.07, 6.45) is 5.75. The fourth-order valence-electron chi connectivity index (χ4n) is 3.62. The number of hydrogen-bond donors (Lipinski definition) is 0. The number of carbonyl (C=O) groups excluding carboxylic acids is 1. The third-order valence-electron chi connectivity index (χ3n) is 5.21. The van der Waals surface area contributed by atoms with Crippen molar-refractivity contribution in [2.24, 2.45) is 16.7 Å². The van der Waals surface area contributed by atoms with E-state index >= 15 is 0 Å². The minimum Gasteiger partial charge on any atom is -0.465 e. The highest BCUT2D eigenvalue weighted by atomic mass is 16.3. The Morgan fingerprint density at radius 1 is 1.41 bits per heavy atom. The van der Waals surface area contributed by atoms with Crippen LogP contribution in [0.2, 0.25) is 0 Å². The second-order valence-electron chi connectivity index (χ2n) is 6.09. The summed E-state index contributed by atoms with van der Waals surface area (Å²) in [5, 5.41) is 0. The maximum atomic E-state index is 12.5. The topological polar surface area (TPSA) is 30.2 Å². The van der Waals surface area contributed by atoms with Crippen LogP contribution in [0.3, 0.4) is 0 Å². The van der Waals surface area contributed by atoms with E-state index in [0.29, 0.717) is 11.7 Å². The first-order valence-electron chi connectivity index (χ1n) is 6.27. The van der Waals surface area contributed by atoms with Crippen LogP contribution in [0.25, 0.3) is 6.08 Å². The molecule has 2 fully saturated rings. The van der Waals surface area contributed by atoms with Crippen molar-refractivity contribution >= 4 is 11.9 Å². The van der Waals surface area contributed by atoms with Gasteiger partial charge in [-0.05, 0) is 42.4 Å². The van der Waals surface area contributed by atoms with Gasteiger partial charge in [0.2, 0.25) is 0 Å². The second-order valence-corrected chi connectivity index (χ2v) is 6.09. The molecule has 2 unspecified atom stereocenters. The highest BCUT2D eigenvalue weighted by Crippen LogP contribution is 2.65. The lowest BCUT2D eigenvalue weighted by Gasteiger charge is -2.31. The molecule has 1 aromatic rings. The van der Waals surface area contributed by atoms with Gasteiger partial charge in [-0.25, -0.2) is 0 Å². The molecule has 0 N–H and O–H groups in total. The molecule has 1 heterocycles. The summed E-state index contributed by atoms with van der Waals surface area (Å²) < 4.78 is 5.32. The molecule has 2 aliphatic rings. The Balaban J connectivity index is 2.08. The lowest BCUT2D eigenvalue weighted by atomic mass is 9.70. The van der Waals surface area contributed by atoms with Crippen LogP contribution in [0.1, 0.15) is 39.4 Å². The average molecular weight is 230 g/mol. The van der Waals surface area contributed by atoms with Gasteiger partial charge in [-0.3, -0.25) is 4.79 Å². The molecule has 3 rings (SSSR count). The zero-order valence-electron chi connectivity index (χ0n) is 10.6. The van der Waals surface area contributed by atoms with Gasteiger partial charge in [-0.1, -0.05) is 20.8 Å². The number of furan rings is 1. The maximum absolute atomic E-state index is 12.5. The van der Waals surface area contributed by atoms with Crippen molar-refractivity contribution in [2.45, 2.75) is 33.6 Å². The van der Waals surface area contributed by atoms with Crippen molar-refractivity contribution < 1.29 is 9.21 Å². The van der Waals surface area contributed by atoms with Gasteiger partial charge < -0.3 is 4.42 Å². The van der Waals surface area contributed by atoms with Gasteiger partial charge in [0.05, 0.1) is 6.26 Å². The Bertz CT molecular complexity index is 493. The molecule has 2 atom stereocenters. The first kappa shape index (κ1) is 10.8. The monoisotopic (exact) mass is 230 g/mol. The van der Waals surface area contributed by atoms with Crippen molar-refractivity contribution in [1.29, 1.82) is 0 Å².